The minimum absolute atomic E-state index is 0.0266. The fourth-order valence-corrected chi connectivity index (χ4v) is 4.40. The number of nitro benzene ring substituents is 1. The second-order valence-electron chi connectivity index (χ2n) is 5.45. The molecule has 0 radical (unpaired) electrons. The number of anilines is 1. The van der Waals surface area contributed by atoms with Gasteiger partial charge in [0.1, 0.15) is 5.69 Å². The highest BCUT2D eigenvalue weighted by Gasteiger charge is 2.47. The number of halogens is 1. The molecule has 1 heterocycles. The minimum Gasteiger partial charge on any atom is -0.259 e. The first-order valence-corrected chi connectivity index (χ1v) is 8.03. The topological polar surface area (TPSA) is 80.5 Å². The average Bonchev–Trinajstić information content (AvgIpc) is 2.33. The fraction of sp³-hybridized carbons (Fsp3) is 0.385. The minimum atomic E-state index is -3.73. The van der Waals surface area contributed by atoms with Crippen molar-refractivity contribution in [3.05, 3.63) is 45.5 Å². The summed E-state index contributed by atoms with van der Waals surface area (Å²) >= 11 is 5.92. The maximum Gasteiger partial charge on any atom is 0.295 e. The largest absolute Gasteiger partial charge is 0.295 e. The normalized spacial score (nSPS) is 18.9. The van der Waals surface area contributed by atoms with Gasteiger partial charge in [-0.15, -0.1) is 6.58 Å². The lowest BCUT2D eigenvalue weighted by molar-refractivity contribution is -0.384. The zero-order valence-corrected chi connectivity index (χ0v) is 13.2. The van der Waals surface area contributed by atoms with Gasteiger partial charge in [-0.1, -0.05) is 17.7 Å². The lowest BCUT2D eigenvalue weighted by atomic mass is 9.99. The second kappa shape index (κ2) is 4.99. The van der Waals surface area contributed by atoms with Crippen LogP contribution in [0.1, 0.15) is 19.4 Å². The van der Waals surface area contributed by atoms with Gasteiger partial charge >= 0.3 is 0 Å². The van der Waals surface area contributed by atoms with Gasteiger partial charge in [0.2, 0.25) is 10.0 Å². The van der Waals surface area contributed by atoms with Crippen molar-refractivity contribution in [2.45, 2.75) is 25.0 Å². The van der Waals surface area contributed by atoms with Crippen molar-refractivity contribution in [3.8, 4) is 0 Å². The maximum absolute atomic E-state index is 12.7. The number of benzene rings is 1. The number of rotatable bonds is 3. The van der Waals surface area contributed by atoms with E-state index in [1.165, 1.54) is 12.1 Å². The van der Waals surface area contributed by atoms with E-state index in [0.29, 0.717) is 5.56 Å². The van der Waals surface area contributed by atoms with Crippen LogP contribution in [0.25, 0.3) is 0 Å². The predicted molar refractivity (Wildman–Crippen MR) is 82.4 cm³/mol. The Bertz CT molecular complexity index is 728. The maximum atomic E-state index is 12.7. The van der Waals surface area contributed by atoms with Gasteiger partial charge in [-0.25, -0.2) is 8.42 Å². The van der Waals surface area contributed by atoms with Crippen molar-refractivity contribution in [1.29, 1.82) is 0 Å². The van der Waals surface area contributed by atoms with Gasteiger partial charge in [-0.05, 0) is 31.9 Å². The van der Waals surface area contributed by atoms with Gasteiger partial charge in [-0.3, -0.25) is 14.4 Å². The molecule has 0 spiro atoms. The Morgan fingerprint density at radius 2 is 2.14 bits per heavy atom. The summed E-state index contributed by atoms with van der Waals surface area (Å²) in [5.74, 6) is 0. The summed E-state index contributed by atoms with van der Waals surface area (Å²) in [6, 6.07) is 2.75. The van der Waals surface area contributed by atoms with Gasteiger partial charge in [0.15, 0.2) is 0 Å². The van der Waals surface area contributed by atoms with Crippen LogP contribution in [0.4, 0.5) is 11.4 Å². The van der Waals surface area contributed by atoms with E-state index in [1.807, 2.05) is 0 Å². The van der Waals surface area contributed by atoms with Crippen molar-refractivity contribution in [2.75, 3.05) is 10.8 Å². The third-order valence-electron chi connectivity index (χ3n) is 3.48. The van der Waals surface area contributed by atoms with Crippen LogP contribution in [0.3, 0.4) is 0 Å². The Morgan fingerprint density at radius 1 is 1.52 bits per heavy atom. The summed E-state index contributed by atoms with van der Waals surface area (Å²) in [5.41, 5.74) is 0.331. The molecule has 8 heteroatoms. The summed E-state index contributed by atoms with van der Waals surface area (Å²) in [6.45, 7) is 6.69. The van der Waals surface area contributed by atoms with Crippen LogP contribution in [-0.4, -0.2) is 24.6 Å². The van der Waals surface area contributed by atoms with Crippen molar-refractivity contribution in [2.24, 2.45) is 0 Å². The van der Waals surface area contributed by atoms with E-state index in [4.69, 9.17) is 11.6 Å². The molecule has 1 aliphatic heterocycles. The Kier molecular flexibility index (Phi) is 3.75. The molecule has 1 aromatic rings. The predicted octanol–water partition coefficient (Wildman–Crippen LogP) is 2.91. The van der Waals surface area contributed by atoms with E-state index in [-0.39, 0.29) is 29.4 Å². The molecule has 1 aliphatic rings. The van der Waals surface area contributed by atoms with Crippen LogP contribution < -0.4 is 4.31 Å². The Labute approximate surface area is 128 Å². The highest BCUT2D eigenvalue weighted by molar-refractivity contribution is 7.94. The second-order valence-corrected chi connectivity index (χ2v) is 8.38. The van der Waals surface area contributed by atoms with E-state index >= 15 is 0 Å². The fourth-order valence-electron chi connectivity index (χ4n) is 2.48. The lowest BCUT2D eigenvalue weighted by Crippen LogP contribution is -2.50. The summed E-state index contributed by atoms with van der Waals surface area (Å²) < 4.78 is 25.3. The number of hydrogen-bond acceptors (Lipinski definition) is 4. The molecular formula is C13H15ClN2O4S. The molecule has 0 fully saturated rings. The number of fused-ring (bicyclic) bond motifs is 1. The molecule has 0 saturated heterocycles. The third-order valence-corrected chi connectivity index (χ3v) is 6.15. The molecule has 0 atom stereocenters. The molecule has 21 heavy (non-hydrogen) atoms. The zero-order chi connectivity index (χ0) is 16.0. The molecule has 6 nitrogen and oxygen atoms in total. The first-order chi connectivity index (χ1) is 9.61. The standard InChI is InChI=1S/C13H15ClN2O4S/c1-4-5-15-12-9(8-13(2,3)21(15,19)20)6-10(14)7-11(12)16(17)18/h4,6-7H,1,5,8H2,2-3H3. The molecule has 114 valence electrons. The van der Waals surface area contributed by atoms with E-state index in [2.05, 4.69) is 6.58 Å². The van der Waals surface area contributed by atoms with Crippen LogP contribution in [0, 0.1) is 10.1 Å². The van der Waals surface area contributed by atoms with Crippen LogP contribution in [0.5, 0.6) is 0 Å². The first kappa shape index (κ1) is 15.8. The van der Waals surface area contributed by atoms with Gasteiger partial charge < -0.3 is 0 Å². The molecule has 0 N–H and O–H groups in total. The average molecular weight is 331 g/mol. The number of hydrogen-bond donors (Lipinski definition) is 0. The summed E-state index contributed by atoms with van der Waals surface area (Å²) in [4.78, 5) is 10.6. The van der Waals surface area contributed by atoms with Crippen LogP contribution in [-0.2, 0) is 16.4 Å². The molecule has 2 rings (SSSR count). The van der Waals surface area contributed by atoms with Crippen LogP contribution >= 0.6 is 11.6 Å². The van der Waals surface area contributed by atoms with Gasteiger partial charge in [0.25, 0.3) is 5.69 Å². The van der Waals surface area contributed by atoms with E-state index < -0.39 is 19.7 Å². The highest BCUT2D eigenvalue weighted by atomic mass is 35.5. The molecule has 0 amide bonds. The van der Waals surface area contributed by atoms with E-state index in [9.17, 15) is 18.5 Å². The third kappa shape index (κ3) is 2.40. The number of nitro groups is 1. The quantitative estimate of drug-likeness (QED) is 0.485. The van der Waals surface area contributed by atoms with Crippen molar-refractivity contribution < 1.29 is 13.3 Å². The van der Waals surface area contributed by atoms with Crippen molar-refractivity contribution in [1.82, 2.24) is 0 Å². The van der Waals surface area contributed by atoms with Gasteiger partial charge in [-0.2, -0.15) is 0 Å². The van der Waals surface area contributed by atoms with Crippen molar-refractivity contribution >= 4 is 33.0 Å². The summed E-state index contributed by atoms with van der Waals surface area (Å²) in [7, 11) is -3.73. The van der Waals surface area contributed by atoms with Crippen LogP contribution in [0.2, 0.25) is 5.02 Å². The van der Waals surface area contributed by atoms with Crippen LogP contribution in [0.15, 0.2) is 24.8 Å². The summed E-state index contributed by atoms with van der Waals surface area (Å²) in [6.07, 6.45) is 1.57. The molecule has 1 aromatic carbocycles. The Morgan fingerprint density at radius 3 is 2.67 bits per heavy atom. The lowest BCUT2D eigenvalue weighted by Gasteiger charge is -2.39. The molecular weight excluding hydrogens is 316 g/mol. The smallest absolute Gasteiger partial charge is 0.259 e. The molecule has 0 saturated carbocycles. The Hall–Kier alpha value is -1.60. The van der Waals surface area contributed by atoms with E-state index in [0.717, 1.165) is 4.31 Å². The molecule has 0 bridgehead atoms. The SMILES string of the molecule is C=CCN1c2c(cc(Cl)cc2[N+](=O)[O-])CC(C)(C)S1(=O)=O. The van der Waals surface area contributed by atoms with E-state index in [1.54, 1.807) is 19.9 Å². The zero-order valence-electron chi connectivity index (χ0n) is 11.7. The monoisotopic (exact) mass is 330 g/mol. The Balaban J connectivity index is 2.84. The number of nitrogens with zero attached hydrogens (tertiary/aromatic N) is 2. The van der Waals surface area contributed by atoms with Crippen molar-refractivity contribution in [3.63, 3.8) is 0 Å². The molecule has 0 aliphatic carbocycles. The number of sulfonamides is 1. The van der Waals surface area contributed by atoms with Gasteiger partial charge in [0, 0.05) is 11.1 Å². The van der Waals surface area contributed by atoms with Gasteiger partial charge in [0.05, 0.1) is 16.2 Å². The summed E-state index contributed by atoms with van der Waals surface area (Å²) in [5, 5.41) is 11.5. The highest BCUT2D eigenvalue weighted by Crippen LogP contribution is 2.45. The molecule has 0 aromatic heterocycles. The first-order valence-electron chi connectivity index (χ1n) is 6.22. The molecule has 0 unspecified atom stereocenters.